The van der Waals surface area contributed by atoms with Gasteiger partial charge in [0.25, 0.3) is 5.91 Å². The van der Waals surface area contributed by atoms with E-state index >= 15 is 0 Å². The molecule has 1 aromatic carbocycles. The molecule has 0 bridgehead atoms. The zero-order valence-corrected chi connectivity index (χ0v) is 15.0. The van der Waals surface area contributed by atoms with Crippen molar-refractivity contribution in [2.45, 2.75) is 32.4 Å². The Morgan fingerprint density at radius 3 is 2.71 bits per heavy atom. The Kier molecular flexibility index (Phi) is 4.91. The number of thiophene rings is 1. The van der Waals surface area contributed by atoms with Gasteiger partial charge in [0, 0.05) is 12.6 Å². The number of carbonyl (C=O) groups is 1. The quantitative estimate of drug-likeness (QED) is 0.707. The van der Waals surface area contributed by atoms with Crippen molar-refractivity contribution in [3.63, 3.8) is 0 Å². The number of benzene rings is 1. The maximum absolute atomic E-state index is 12.7. The molecule has 0 N–H and O–H groups in total. The van der Waals surface area contributed by atoms with Crippen LogP contribution < -0.4 is 4.18 Å². The van der Waals surface area contributed by atoms with Crippen molar-refractivity contribution in [1.82, 2.24) is 4.90 Å². The van der Waals surface area contributed by atoms with Crippen LogP contribution in [0, 0.1) is 0 Å². The van der Waals surface area contributed by atoms with Gasteiger partial charge in [-0.25, -0.2) is 0 Å². The van der Waals surface area contributed by atoms with Crippen LogP contribution in [-0.4, -0.2) is 31.0 Å². The summed E-state index contributed by atoms with van der Waals surface area (Å²) in [5, 5.41) is 1.89. The third-order valence-electron chi connectivity index (χ3n) is 3.81. The van der Waals surface area contributed by atoms with E-state index in [1.165, 1.54) is 18.3 Å². The van der Waals surface area contributed by atoms with E-state index in [2.05, 4.69) is 0 Å². The van der Waals surface area contributed by atoms with E-state index in [-0.39, 0.29) is 23.5 Å². The molecule has 3 rings (SSSR count). The maximum atomic E-state index is 12.7. The minimum Gasteiger partial charge on any atom is -0.382 e. The molecular formula is C17H19NO4S2. The third-order valence-corrected chi connectivity index (χ3v) is 5.82. The molecule has 2 aromatic rings. The van der Waals surface area contributed by atoms with Crippen LogP contribution in [0.2, 0.25) is 0 Å². The Labute approximate surface area is 146 Å². The van der Waals surface area contributed by atoms with E-state index in [0.29, 0.717) is 6.54 Å². The molecule has 1 amide bonds. The summed E-state index contributed by atoms with van der Waals surface area (Å²) in [5.41, 5.74) is 0.857. The lowest BCUT2D eigenvalue weighted by molar-refractivity contribution is 0.0734. The van der Waals surface area contributed by atoms with Crippen LogP contribution in [0.25, 0.3) is 0 Å². The van der Waals surface area contributed by atoms with Crippen molar-refractivity contribution >= 4 is 27.4 Å². The van der Waals surface area contributed by atoms with Crippen LogP contribution in [0.4, 0.5) is 0 Å². The van der Waals surface area contributed by atoms with Crippen molar-refractivity contribution in [3.05, 3.63) is 52.2 Å². The van der Waals surface area contributed by atoms with Gasteiger partial charge in [0.15, 0.2) is 0 Å². The first-order valence-electron chi connectivity index (χ1n) is 7.84. The second-order valence-corrected chi connectivity index (χ2v) is 8.53. The maximum Gasteiger partial charge on any atom is 0.308 e. The summed E-state index contributed by atoms with van der Waals surface area (Å²) >= 11 is 1.43. The molecule has 24 heavy (non-hydrogen) atoms. The SMILES string of the molecule is CCS(=O)(=O)Oc1cccc(CN(C(=O)c2cccs2)C2CC2)c1. The number of rotatable bonds is 7. The largest absolute Gasteiger partial charge is 0.382 e. The lowest BCUT2D eigenvalue weighted by Gasteiger charge is -2.22. The summed E-state index contributed by atoms with van der Waals surface area (Å²) < 4.78 is 28.3. The average molecular weight is 365 g/mol. The highest BCUT2D eigenvalue weighted by Gasteiger charge is 2.33. The van der Waals surface area contributed by atoms with Crippen LogP contribution in [0.15, 0.2) is 41.8 Å². The molecule has 1 aromatic heterocycles. The van der Waals surface area contributed by atoms with Crippen LogP contribution in [0.5, 0.6) is 5.75 Å². The van der Waals surface area contributed by atoms with E-state index in [9.17, 15) is 13.2 Å². The zero-order chi connectivity index (χ0) is 17.2. The molecular weight excluding hydrogens is 346 g/mol. The summed E-state index contributed by atoms with van der Waals surface area (Å²) in [5.74, 6) is 0.233. The predicted molar refractivity (Wildman–Crippen MR) is 93.7 cm³/mol. The van der Waals surface area contributed by atoms with E-state index in [0.717, 1.165) is 23.3 Å². The minimum absolute atomic E-state index is 0.0278. The first kappa shape index (κ1) is 17.0. The van der Waals surface area contributed by atoms with Crippen molar-refractivity contribution < 1.29 is 17.4 Å². The molecule has 7 heteroatoms. The Morgan fingerprint density at radius 1 is 1.29 bits per heavy atom. The standard InChI is InChI=1S/C17H19NO4S2/c1-2-24(20,21)22-15-6-3-5-13(11-15)12-18(14-8-9-14)17(19)16-7-4-10-23-16/h3-7,10-11,14H,2,8-9,12H2,1H3. The number of carbonyl (C=O) groups excluding carboxylic acids is 1. The fourth-order valence-corrected chi connectivity index (χ4v) is 3.59. The minimum atomic E-state index is -3.55. The zero-order valence-electron chi connectivity index (χ0n) is 13.3. The highest BCUT2D eigenvalue weighted by molar-refractivity contribution is 7.87. The lowest BCUT2D eigenvalue weighted by Crippen LogP contribution is -2.32. The van der Waals surface area contributed by atoms with E-state index < -0.39 is 10.1 Å². The van der Waals surface area contributed by atoms with Crippen molar-refractivity contribution in [2.24, 2.45) is 0 Å². The molecule has 1 saturated carbocycles. The number of amides is 1. The summed E-state index contributed by atoms with van der Waals surface area (Å²) in [6.45, 7) is 1.98. The molecule has 5 nitrogen and oxygen atoms in total. The lowest BCUT2D eigenvalue weighted by atomic mass is 10.2. The first-order valence-corrected chi connectivity index (χ1v) is 10.3. The van der Waals surface area contributed by atoms with Crippen LogP contribution >= 0.6 is 11.3 Å². The molecule has 1 fully saturated rings. The molecule has 0 radical (unpaired) electrons. The average Bonchev–Trinajstić information content (AvgIpc) is 3.25. The molecule has 1 aliphatic rings. The molecule has 0 aliphatic heterocycles. The van der Waals surface area contributed by atoms with Crippen LogP contribution in [-0.2, 0) is 16.7 Å². The molecule has 1 heterocycles. The predicted octanol–water partition coefficient (Wildman–Crippen LogP) is 3.28. The number of nitrogens with zero attached hydrogens (tertiary/aromatic N) is 1. The van der Waals surface area contributed by atoms with Crippen molar-refractivity contribution in [3.8, 4) is 5.75 Å². The van der Waals surface area contributed by atoms with Gasteiger partial charge in [0.2, 0.25) is 0 Å². The fraction of sp³-hybridized carbons (Fsp3) is 0.353. The van der Waals surface area contributed by atoms with Gasteiger partial charge in [-0.3, -0.25) is 4.79 Å². The Hall–Kier alpha value is -1.86. The van der Waals surface area contributed by atoms with E-state index in [1.807, 2.05) is 28.5 Å². The normalized spacial score (nSPS) is 14.4. The van der Waals surface area contributed by atoms with Gasteiger partial charge in [0.1, 0.15) is 5.75 Å². The summed E-state index contributed by atoms with van der Waals surface area (Å²) in [7, 11) is -3.55. The van der Waals surface area contributed by atoms with Gasteiger partial charge in [0.05, 0.1) is 10.6 Å². The van der Waals surface area contributed by atoms with E-state index in [1.54, 1.807) is 18.2 Å². The smallest absolute Gasteiger partial charge is 0.308 e. The highest BCUT2D eigenvalue weighted by Crippen LogP contribution is 2.31. The van der Waals surface area contributed by atoms with Gasteiger partial charge < -0.3 is 9.08 Å². The topological polar surface area (TPSA) is 63.7 Å². The molecule has 1 aliphatic carbocycles. The highest BCUT2D eigenvalue weighted by atomic mass is 32.2. The van der Waals surface area contributed by atoms with E-state index in [4.69, 9.17) is 4.18 Å². The number of hydrogen-bond acceptors (Lipinski definition) is 5. The Bertz CT molecular complexity index is 811. The van der Waals surface area contributed by atoms with Gasteiger partial charge >= 0.3 is 10.1 Å². The van der Waals surface area contributed by atoms with Gasteiger partial charge in [-0.05, 0) is 48.9 Å². The van der Waals surface area contributed by atoms with Crippen LogP contribution in [0.1, 0.15) is 35.0 Å². The third kappa shape index (κ3) is 4.15. The molecule has 0 saturated heterocycles. The Morgan fingerprint density at radius 2 is 2.08 bits per heavy atom. The van der Waals surface area contributed by atoms with Crippen LogP contribution in [0.3, 0.4) is 0 Å². The molecule has 0 unspecified atom stereocenters. The molecule has 0 spiro atoms. The monoisotopic (exact) mass is 365 g/mol. The first-order chi connectivity index (χ1) is 11.5. The second kappa shape index (κ2) is 6.94. The summed E-state index contributed by atoms with van der Waals surface area (Å²) in [6, 6.07) is 10.9. The van der Waals surface area contributed by atoms with Crippen molar-refractivity contribution in [2.75, 3.05) is 5.75 Å². The Balaban J connectivity index is 1.77. The molecule has 128 valence electrons. The summed E-state index contributed by atoms with van der Waals surface area (Å²) in [4.78, 5) is 15.2. The van der Waals surface area contributed by atoms with Crippen molar-refractivity contribution in [1.29, 1.82) is 0 Å². The molecule has 0 atom stereocenters. The van der Waals surface area contributed by atoms with Gasteiger partial charge in [-0.2, -0.15) is 8.42 Å². The number of hydrogen-bond donors (Lipinski definition) is 0. The van der Waals surface area contributed by atoms with Gasteiger partial charge in [-0.15, -0.1) is 11.3 Å². The summed E-state index contributed by atoms with van der Waals surface area (Å²) in [6.07, 6.45) is 2.02. The fourth-order valence-electron chi connectivity index (χ4n) is 2.39. The van der Waals surface area contributed by atoms with Gasteiger partial charge in [-0.1, -0.05) is 18.2 Å². The second-order valence-electron chi connectivity index (χ2n) is 5.72.